The van der Waals surface area contributed by atoms with E-state index in [1.54, 1.807) is 6.92 Å². The normalized spacial score (nSPS) is 14.2. The molecule has 0 unspecified atom stereocenters. The third kappa shape index (κ3) is 4.56. The van der Waals surface area contributed by atoms with Gasteiger partial charge in [-0.15, -0.1) is 0 Å². The average molecular weight is 340 g/mol. The van der Waals surface area contributed by atoms with Gasteiger partial charge in [0.25, 0.3) is 0 Å². The molecule has 24 heavy (non-hydrogen) atoms. The average Bonchev–Trinajstić information content (AvgIpc) is 3.06. The van der Waals surface area contributed by atoms with Gasteiger partial charge in [0.2, 0.25) is 5.91 Å². The molecule has 2 atom stereocenters. The monoisotopic (exact) mass is 340 g/mol. The molecule has 2 rings (SSSR count). The number of amides is 1. The van der Waals surface area contributed by atoms with Crippen molar-refractivity contribution >= 4 is 5.91 Å². The summed E-state index contributed by atoms with van der Waals surface area (Å²) in [6.07, 6.45) is -2.04. The van der Waals surface area contributed by atoms with Gasteiger partial charge in [-0.1, -0.05) is 19.1 Å². The molecular weight excluding hydrogens is 321 g/mol. The van der Waals surface area contributed by atoms with Crippen LogP contribution in [0.1, 0.15) is 43.3 Å². The van der Waals surface area contributed by atoms with Crippen LogP contribution in [-0.4, -0.2) is 21.1 Å². The first-order chi connectivity index (χ1) is 11.3. The van der Waals surface area contributed by atoms with Gasteiger partial charge in [0, 0.05) is 5.92 Å². The highest BCUT2D eigenvalue weighted by molar-refractivity contribution is 5.79. The number of aromatic nitrogens is 3. The number of H-pyrrole nitrogens is 1. The maximum atomic E-state index is 12.6. The van der Waals surface area contributed by atoms with Gasteiger partial charge in [-0.05, 0) is 37.5 Å². The van der Waals surface area contributed by atoms with Gasteiger partial charge >= 0.3 is 6.18 Å². The van der Waals surface area contributed by atoms with Gasteiger partial charge < -0.3 is 5.32 Å². The number of benzene rings is 1. The number of rotatable bonds is 6. The highest BCUT2D eigenvalue weighted by Crippen LogP contribution is 2.29. The molecule has 2 N–H and O–H groups in total. The maximum absolute atomic E-state index is 12.6. The van der Waals surface area contributed by atoms with Crippen molar-refractivity contribution in [3.63, 3.8) is 0 Å². The summed E-state index contributed by atoms with van der Waals surface area (Å²) in [4.78, 5) is 16.3. The molecule has 0 aliphatic heterocycles. The molecule has 1 amide bonds. The predicted octanol–water partition coefficient (Wildman–Crippen LogP) is 3.27. The summed E-state index contributed by atoms with van der Waals surface area (Å²) < 4.78 is 37.7. The minimum Gasteiger partial charge on any atom is -0.346 e. The number of hydrogen-bond donors (Lipinski definition) is 2. The van der Waals surface area contributed by atoms with Crippen molar-refractivity contribution in [2.75, 3.05) is 0 Å². The lowest BCUT2D eigenvalue weighted by Gasteiger charge is -2.18. The molecule has 0 fully saturated rings. The first kappa shape index (κ1) is 18.0. The fourth-order valence-electron chi connectivity index (χ4n) is 2.36. The SMILES string of the molecule is CC[C@@H](Cc1ccc(C(F)(F)F)cc1)C(=O)N[C@@H](C)c1ncn[nH]1. The molecule has 1 aromatic heterocycles. The van der Waals surface area contributed by atoms with Gasteiger partial charge in [0.1, 0.15) is 12.2 Å². The van der Waals surface area contributed by atoms with Gasteiger partial charge in [0.05, 0.1) is 11.6 Å². The Labute approximate surface area is 137 Å². The van der Waals surface area contributed by atoms with Crippen LogP contribution in [0.3, 0.4) is 0 Å². The zero-order valence-corrected chi connectivity index (χ0v) is 13.4. The number of carbonyl (C=O) groups excluding carboxylic acids is 1. The summed E-state index contributed by atoms with van der Waals surface area (Å²) in [6.45, 7) is 3.65. The molecule has 0 saturated heterocycles. The van der Waals surface area contributed by atoms with Crippen LogP contribution >= 0.6 is 0 Å². The third-order valence-electron chi connectivity index (χ3n) is 3.83. The molecule has 8 heteroatoms. The first-order valence-corrected chi connectivity index (χ1v) is 7.63. The minimum atomic E-state index is -4.35. The molecule has 130 valence electrons. The van der Waals surface area contributed by atoms with E-state index < -0.39 is 11.7 Å². The molecule has 0 aliphatic rings. The van der Waals surface area contributed by atoms with Gasteiger partial charge in [-0.2, -0.15) is 18.3 Å². The van der Waals surface area contributed by atoms with Crippen molar-refractivity contribution in [3.05, 3.63) is 47.5 Å². The molecule has 0 aliphatic carbocycles. The van der Waals surface area contributed by atoms with E-state index >= 15 is 0 Å². The standard InChI is InChI=1S/C16H19F3N4O/c1-3-12(15(24)22-10(2)14-20-9-21-23-14)8-11-4-6-13(7-5-11)16(17,18)19/h4-7,9-10,12H,3,8H2,1-2H3,(H,22,24)(H,20,21,23)/t10-,12-/m0/s1. The molecule has 1 aromatic carbocycles. The number of nitrogens with zero attached hydrogens (tertiary/aromatic N) is 2. The molecular formula is C16H19F3N4O. The zero-order chi connectivity index (χ0) is 17.7. The van der Waals surface area contributed by atoms with Crippen LogP contribution in [0.2, 0.25) is 0 Å². The number of aromatic amines is 1. The van der Waals surface area contributed by atoms with Crippen LogP contribution < -0.4 is 5.32 Å². The van der Waals surface area contributed by atoms with Crippen molar-refractivity contribution in [1.29, 1.82) is 0 Å². The Morgan fingerprint density at radius 3 is 2.46 bits per heavy atom. The van der Waals surface area contributed by atoms with Crippen LogP contribution in [-0.2, 0) is 17.4 Å². The lowest BCUT2D eigenvalue weighted by atomic mass is 9.95. The zero-order valence-electron chi connectivity index (χ0n) is 13.4. The van der Waals surface area contributed by atoms with Crippen molar-refractivity contribution < 1.29 is 18.0 Å². The van der Waals surface area contributed by atoms with E-state index in [-0.39, 0.29) is 17.9 Å². The largest absolute Gasteiger partial charge is 0.416 e. The van der Waals surface area contributed by atoms with E-state index in [1.807, 2.05) is 6.92 Å². The summed E-state index contributed by atoms with van der Waals surface area (Å²) >= 11 is 0. The Morgan fingerprint density at radius 2 is 1.96 bits per heavy atom. The molecule has 1 heterocycles. The molecule has 0 radical (unpaired) electrons. The Kier molecular flexibility index (Phi) is 5.58. The second kappa shape index (κ2) is 7.46. The second-order valence-electron chi connectivity index (χ2n) is 5.60. The van der Waals surface area contributed by atoms with E-state index in [4.69, 9.17) is 0 Å². The number of nitrogens with one attached hydrogen (secondary N) is 2. The lowest BCUT2D eigenvalue weighted by Crippen LogP contribution is -2.34. The summed E-state index contributed by atoms with van der Waals surface area (Å²) in [5, 5.41) is 9.26. The second-order valence-corrected chi connectivity index (χ2v) is 5.60. The van der Waals surface area contributed by atoms with Crippen LogP contribution in [0, 0.1) is 5.92 Å². The molecule has 0 saturated carbocycles. The minimum absolute atomic E-state index is 0.165. The highest BCUT2D eigenvalue weighted by Gasteiger charge is 2.30. The van der Waals surface area contributed by atoms with Crippen molar-refractivity contribution in [3.8, 4) is 0 Å². The van der Waals surface area contributed by atoms with Crippen molar-refractivity contribution in [2.24, 2.45) is 5.92 Å². The van der Waals surface area contributed by atoms with E-state index in [9.17, 15) is 18.0 Å². The highest BCUT2D eigenvalue weighted by atomic mass is 19.4. The molecule has 0 spiro atoms. The topological polar surface area (TPSA) is 70.7 Å². The van der Waals surface area contributed by atoms with Crippen LogP contribution in [0.25, 0.3) is 0 Å². The van der Waals surface area contributed by atoms with E-state index in [0.29, 0.717) is 24.2 Å². The van der Waals surface area contributed by atoms with Gasteiger partial charge in [0.15, 0.2) is 0 Å². The Morgan fingerprint density at radius 1 is 1.29 bits per heavy atom. The van der Waals surface area contributed by atoms with Crippen LogP contribution in [0.5, 0.6) is 0 Å². The summed E-state index contributed by atoms with van der Waals surface area (Å²) in [6, 6.07) is 4.59. The van der Waals surface area contributed by atoms with Crippen molar-refractivity contribution in [2.45, 2.75) is 38.9 Å². The lowest BCUT2D eigenvalue weighted by molar-refractivity contribution is -0.137. The summed E-state index contributed by atoms with van der Waals surface area (Å²) in [7, 11) is 0. The number of hydrogen-bond acceptors (Lipinski definition) is 3. The quantitative estimate of drug-likeness (QED) is 0.848. The first-order valence-electron chi connectivity index (χ1n) is 7.63. The fourth-order valence-corrected chi connectivity index (χ4v) is 2.36. The Bertz CT molecular complexity index is 653. The number of halogens is 3. The van der Waals surface area contributed by atoms with Crippen molar-refractivity contribution in [1.82, 2.24) is 20.5 Å². The van der Waals surface area contributed by atoms with Gasteiger partial charge in [-0.25, -0.2) is 4.98 Å². The molecule has 2 aromatic rings. The molecule has 5 nitrogen and oxygen atoms in total. The summed E-state index contributed by atoms with van der Waals surface area (Å²) in [5.41, 5.74) is 0.00000918. The number of alkyl halides is 3. The Hall–Kier alpha value is -2.38. The summed E-state index contributed by atoms with van der Waals surface area (Å²) in [5.74, 6) is 0.0566. The third-order valence-corrected chi connectivity index (χ3v) is 3.83. The van der Waals surface area contributed by atoms with E-state index in [2.05, 4.69) is 20.5 Å². The predicted molar refractivity (Wildman–Crippen MR) is 81.9 cm³/mol. The smallest absolute Gasteiger partial charge is 0.346 e. The Balaban J connectivity index is 1.99. The van der Waals surface area contributed by atoms with Crippen LogP contribution in [0.4, 0.5) is 13.2 Å². The van der Waals surface area contributed by atoms with Crippen LogP contribution in [0.15, 0.2) is 30.6 Å². The number of carbonyl (C=O) groups is 1. The molecule has 0 bridgehead atoms. The van der Waals surface area contributed by atoms with Gasteiger partial charge in [-0.3, -0.25) is 9.89 Å². The van der Waals surface area contributed by atoms with E-state index in [1.165, 1.54) is 18.5 Å². The maximum Gasteiger partial charge on any atom is 0.416 e. The van der Waals surface area contributed by atoms with E-state index in [0.717, 1.165) is 12.1 Å². The fraction of sp³-hybridized carbons (Fsp3) is 0.438.